The van der Waals surface area contributed by atoms with Crippen LogP contribution in [0.1, 0.15) is 45.6 Å². The molecule has 20 heavy (non-hydrogen) atoms. The van der Waals surface area contributed by atoms with Crippen molar-refractivity contribution in [3.05, 3.63) is 28.2 Å². The van der Waals surface area contributed by atoms with E-state index in [4.69, 9.17) is 5.73 Å². The van der Waals surface area contributed by atoms with Gasteiger partial charge in [-0.1, -0.05) is 29.8 Å². The van der Waals surface area contributed by atoms with E-state index < -0.39 is 0 Å². The molecule has 3 heteroatoms. The Morgan fingerprint density at radius 3 is 2.75 bits per heavy atom. The van der Waals surface area contributed by atoms with E-state index in [0.29, 0.717) is 5.41 Å². The van der Waals surface area contributed by atoms with Gasteiger partial charge in [0.2, 0.25) is 0 Å². The highest BCUT2D eigenvalue weighted by molar-refractivity contribution is 9.10. The van der Waals surface area contributed by atoms with E-state index in [1.54, 1.807) is 0 Å². The maximum Gasteiger partial charge on any atom is 0.0400 e. The highest BCUT2D eigenvalue weighted by Gasteiger charge is 2.24. The summed E-state index contributed by atoms with van der Waals surface area (Å²) in [6.45, 7) is 9.18. The highest BCUT2D eigenvalue weighted by Crippen LogP contribution is 2.33. The molecule has 0 radical (unpaired) electrons. The molecular formula is C17H27BrN2. The lowest BCUT2D eigenvalue weighted by atomic mass is 9.85. The monoisotopic (exact) mass is 338 g/mol. The lowest BCUT2D eigenvalue weighted by Gasteiger charge is -2.27. The fraction of sp³-hybridized carbons (Fsp3) is 0.647. The Kier molecular flexibility index (Phi) is 5.14. The van der Waals surface area contributed by atoms with Gasteiger partial charge in [0.1, 0.15) is 0 Å². The van der Waals surface area contributed by atoms with Crippen LogP contribution in [0.5, 0.6) is 0 Å². The van der Waals surface area contributed by atoms with E-state index in [1.807, 2.05) is 0 Å². The van der Waals surface area contributed by atoms with Gasteiger partial charge in [-0.3, -0.25) is 0 Å². The van der Waals surface area contributed by atoms with Crippen molar-refractivity contribution < 1.29 is 0 Å². The van der Waals surface area contributed by atoms with Crippen molar-refractivity contribution in [3.63, 3.8) is 0 Å². The van der Waals surface area contributed by atoms with Crippen molar-refractivity contribution >= 4 is 21.6 Å². The second-order valence-corrected chi connectivity index (χ2v) is 7.87. The summed E-state index contributed by atoms with van der Waals surface area (Å²) in [5.74, 6) is 0. The van der Waals surface area contributed by atoms with Gasteiger partial charge in [0.05, 0.1) is 0 Å². The Bertz CT molecular complexity index is 454. The molecule has 1 aliphatic heterocycles. The maximum atomic E-state index is 6.01. The number of rotatable bonds is 3. The third-order valence-corrected chi connectivity index (χ3v) is 4.76. The SMILES string of the molecule is CC(N)Cc1cc(Br)ccc1N1CCCC(C)(C)CC1. The quantitative estimate of drug-likeness (QED) is 0.887. The molecule has 2 rings (SSSR count). The van der Waals surface area contributed by atoms with Gasteiger partial charge in [-0.15, -0.1) is 0 Å². The van der Waals surface area contributed by atoms with Gasteiger partial charge in [0.15, 0.2) is 0 Å². The van der Waals surface area contributed by atoms with Gasteiger partial charge in [0.25, 0.3) is 0 Å². The van der Waals surface area contributed by atoms with Crippen molar-refractivity contribution in [3.8, 4) is 0 Å². The van der Waals surface area contributed by atoms with Gasteiger partial charge < -0.3 is 10.6 Å². The van der Waals surface area contributed by atoms with Crippen LogP contribution in [0.4, 0.5) is 5.69 Å². The fourth-order valence-corrected chi connectivity index (χ4v) is 3.45. The Morgan fingerprint density at radius 2 is 2.05 bits per heavy atom. The lowest BCUT2D eigenvalue weighted by Crippen LogP contribution is -2.27. The number of nitrogens with zero attached hydrogens (tertiary/aromatic N) is 1. The summed E-state index contributed by atoms with van der Waals surface area (Å²) in [7, 11) is 0. The number of hydrogen-bond acceptors (Lipinski definition) is 2. The van der Waals surface area contributed by atoms with E-state index in [-0.39, 0.29) is 6.04 Å². The van der Waals surface area contributed by atoms with Crippen LogP contribution in [0.15, 0.2) is 22.7 Å². The first-order valence-electron chi connectivity index (χ1n) is 7.66. The zero-order valence-corrected chi connectivity index (χ0v) is 14.5. The molecule has 1 fully saturated rings. The Labute approximate surface area is 131 Å². The zero-order valence-electron chi connectivity index (χ0n) is 13.0. The largest absolute Gasteiger partial charge is 0.371 e. The first-order chi connectivity index (χ1) is 9.37. The number of benzene rings is 1. The van der Waals surface area contributed by atoms with Crippen LogP contribution in [0.2, 0.25) is 0 Å². The molecule has 0 amide bonds. The van der Waals surface area contributed by atoms with Crippen molar-refractivity contribution in [2.75, 3.05) is 18.0 Å². The molecule has 0 aromatic heterocycles. The minimum Gasteiger partial charge on any atom is -0.371 e. The van der Waals surface area contributed by atoms with E-state index in [2.05, 4.69) is 59.8 Å². The Hall–Kier alpha value is -0.540. The van der Waals surface area contributed by atoms with E-state index in [1.165, 1.54) is 30.5 Å². The maximum absolute atomic E-state index is 6.01. The molecular weight excluding hydrogens is 312 g/mol. The van der Waals surface area contributed by atoms with Crippen LogP contribution in [-0.4, -0.2) is 19.1 Å². The summed E-state index contributed by atoms with van der Waals surface area (Å²) in [5.41, 5.74) is 9.24. The summed E-state index contributed by atoms with van der Waals surface area (Å²) >= 11 is 3.58. The first kappa shape index (κ1) is 15.8. The molecule has 1 saturated heterocycles. The number of halogens is 1. The standard InChI is InChI=1S/C17H27BrN2/c1-13(19)11-14-12-15(18)5-6-16(14)20-9-4-7-17(2,3)8-10-20/h5-6,12-13H,4,7-11,19H2,1-3H3. The Morgan fingerprint density at radius 1 is 1.30 bits per heavy atom. The highest BCUT2D eigenvalue weighted by atomic mass is 79.9. The lowest BCUT2D eigenvalue weighted by molar-refractivity contribution is 0.325. The molecule has 2 N–H and O–H groups in total. The molecule has 0 saturated carbocycles. The van der Waals surface area contributed by atoms with Gasteiger partial charge in [0, 0.05) is 29.3 Å². The predicted molar refractivity (Wildman–Crippen MR) is 91.3 cm³/mol. The van der Waals surface area contributed by atoms with Crippen LogP contribution in [0.3, 0.4) is 0 Å². The molecule has 1 aromatic carbocycles. The molecule has 1 aromatic rings. The van der Waals surface area contributed by atoms with Gasteiger partial charge >= 0.3 is 0 Å². The summed E-state index contributed by atoms with van der Waals surface area (Å²) in [6, 6.07) is 6.83. The summed E-state index contributed by atoms with van der Waals surface area (Å²) in [4.78, 5) is 2.55. The van der Waals surface area contributed by atoms with Gasteiger partial charge in [-0.2, -0.15) is 0 Å². The van der Waals surface area contributed by atoms with E-state index in [0.717, 1.165) is 24.0 Å². The molecule has 0 bridgehead atoms. The molecule has 1 heterocycles. The van der Waals surface area contributed by atoms with Crippen molar-refractivity contribution in [2.24, 2.45) is 11.1 Å². The summed E-state index contributed by atoms with van der Waals surface area (Å²) in [5, 5.41) is 0. The normalized spacial score (nSPS) is 20.6. The van der Waals surface area contributed by atoms with Crippen LogP contribution in [-0.2, 0) is 6.42 Å². The van der Waals surface area contributed by atoms with Crippen LogP contribution >= 0.6 is 15.9 Å². The third kappa shape index (κ3) is 4.23. The molecule has 0 aliphatic carbocycles. The molecule has 1 aliphatic rings. The van der Waals surface area contributed by atoms with Crippen LogP contribution < -0.4 is 10.6 Å². The minimum atomic E-state index is 0.200. The average molecular weight is 339 g/mol. The fourth-order valence-electron chi connectivity index (χ4n) is 3.04. The number of anilines is 1. The predicted octanol–water partition coefficient (Wildman–Crippen LogP) is 4.36. The van der Waals surface area contributed by atoms with Crippen molar-refractivity contribution in [1.29, 1.82) is 0 Å². The number of hydrogen-bond donors (Lipinski definition) is 1. The van der Waals surface area contributed by atoms with Gasteiger partial charge in [-0.05, 0) is 61.8 Å². The molecule has 1 unspecified atom stereocenters. The van der Waals surface area contributed by atoms with Crippen molar-refractivity contribution in [2.45, 2.75) is 52.5 Å². The summed E-state index contributed by atoms with van der Waals surface area (Å²) in [6.07, 6.45) is 4.80. The third-order valence-electron chi connectivity index (χ3n) is 4.26. The average Bonchev–Trinajstić information content (AvgIpc) is 2.50. The van der Waals surface area contributed by atoms with E-state index in [9.17, 15) is 0 Å². The van der Waals surface area contributed by atoms with Crippen molar-refractivity contribution in [1.82, 2.24) is 0 Å². The van der Waals surface area contributed by atoms with Gasteiger partial charge in [-0.25, -0.2) is 0 Å². The van der Waals surface area contributed by atoms with Crippen LogP contribution in [0.25, 0.3) is 0 Å². The Balaban J connectivity index is 2.22. The molecule has 112 valence electrons. The van der Waals surface area contributed by atoms with E-state index >= 15 is 0 Å². The molecule has 2 nitrogen and oxygen atoms in total. The smallest absolute Gasteiger partial charge is 0.0400 e. The topological polar surface area (TPSA) is 29.3 Å². The zero-order chi connectivity index (χ0) is 14.8. The van der Waals surface area contributed by atoms with Crippen LogP contribution in [0, 0.1) is 5.41 Å². The minimum absolute atomic E-state index is 0.200. The summed E-state index contributed by atoms with van der Waals surface area (Å²) < 4.78 is 1.15. The molecule has 0 spiro atoms. The number of nitrogens with two attached hydrogens (primary N) is 1. The molecule has 1 atom stereocenters. The first-order valence-corrected chi connectivity index (χ1v) is 8.46. The second-order valence-electron chi connectivity index (χ2n) is 6.96. The second kappa shape index (κ2) is 6.48.